The number of carbonyl (C=O) groups is 1. The number of amides is 1. The Bertz CT molecular complexity index is 719. The summed E-state index contributed by atoms with van der Waals surface area (Å²) in [7, 11) is 3.61. The molecule has 2 aromatic rings. The Hall–Kier alpha value is -1.64. The molecule has 7 nitrogen and oxygen atoms in total. The van der Waals surface area contributed by atoms with Crippen molar-refractivity contribution < 1.29 is 9.53 Å². The molecule has 1 atom stereocenters. The molecule has 0 bridgehead atoms. The summed E-state index contributed by atoms with van der Waals surface area (Å²) in [5.41, 5.74) is 2.83. The van der Waals surface area contributed by atoms with Crippen molar-refractivity contribution in [1.29, 1.82) is 0 Å². The molecule has 0 radical (unpaired) electrons. The van der Waals surface area contributed by atoms with E-state index in [4.69, 9.17) is 4.74 Å². The van der Waals surface area contributed by atoms with Crippen molar-refractivity contribution >= 4 is 36.4 Å². The highest BCUT2D eigenvalue weighted by atomic mass is 35.5. The maximum absolute atomic E-state index is 12.6. The van der Waals surface area contributed by atoms with E-state index < -0.39 is 6.04 Å². The van der Waals surface area contributed by atoms with Gasteiger partial charge >= 0.3 is 0 Å². The lowest BCUT2D eigenvalue weighted by atomic mass is 10.1. The average Bonchev–Trinajstić information content (AvgIpc) is 3.03. The van der Waals surface area contributed by atoms with Gasteiger partial charge < -0.3 is 15.4 Å². The number of benzene rings is 1. The molecule has 9 heteroatoms. The highest BCUT2D eigenvalue weighted by Gasteiger charge is 2.20. The predicted molar refractivity (Wildman–Crippen MR) is 111 cm³/mol. The number of aromatic nitrogens is 2. The fraction of sp³-hybridized carbons (Fsp3) is 0.444. The summed E-state index contributed by atoms with van der Waals surface area (Å²) in [4.78, 5) is 15.0. The van der Waals surface area contributed by atoms with E-state index in [1.54, 1.807) is 17.9 Å². The Labute approximate surface area is 172 Å². The second-order valence-electron chi connectivity index (χ2n) is 6.25. The molecule has 1 amide bonds. The predicted octanol–water partition coefficient (Wildman–Crippen LogP) is 2.00. The van der Waals surface area contributed by atoms with Gasteiger partial charge in [-0.25, -0.2) is 0 Å². The molecule has 0 saturated carbocycles. The van der Waals surface area contributed by atoms with Crippen molar-refractivity contribution in [3.05, 3.63) is 47.8 Å². The molecule has 150 valence electrons. The zero-order valence-corrected chi connectivity index (χ0v) is 17.2. The number of hydrogen-bond donors (Lipinski definition) is 2. The lowest BCUT2D eigenvalue weighted by Gasteiger charge is -2.26. The van der Waals surface area contributed by atoms with Gasteiger partial charge in [0.2, 0.25) is 5.91 Å². The Morgan fingerprint density at radius 3 is 2.67 bits per heavy atom. The van der Waals surface area contributed by atoms with Crippen molar-refractivity contribution in [2.75, 3.05) is 38.7 Å². The highest BCUT2D eigenvalue weighted by Crippen LogP contribution is 2.17. The Kier molecular flexibility index (Phi) is 9.76. The molecule has 1 aromatic heterocycles. The van der Waals surface area contributed by atoms with E-state index in [1.165, 1.54) is 5.56 Å². The van der Waals surface area contributed by atoms with Gasteiger partial charge in [0, 0.05) is 44.1 Å². The lowest BCUT2D eigenvalue weighted by molar-refractivity contribution is -0.118. The van der Waals surface area contributed by atoms with E-state index in [9.17, 15) is 4.79 Å². The van der Waals surface area contributed by atoms with Crippen LogP contribution in [0.2, 0.25) is 0 Å². The maximum atomic E-state index is 12.6. The fourth-order valence-corrected chi connectivity index (χ4v) is 3.02. The first-order valence-corrected chi connectivity index (χ1v) is 8.51. The lowest BCUT2D eigenvalue weighted by Crippen LogP contribution is -2.35. The number of aryl methyl sites for hydroxylation is 1. The van der Waals surface area contributed by atoms with Crippen molar-refractivity contribution in [2.24, 2.45) is 7.05 Å². The van der Waals surface area contributed by atoms with Crippen molar-refractivity contribution in [2.45, 2.75) is 12.6 Å². The standard InChI is InChI=1S/C18H25N5O2.2ClH/c1-19-17(15-11-20-22(2)13-15)18(24)21-16-5-3-4-14(10-16)12-23-6-8-25-9-7-23;;/h3-5,10-11,13,17,19H,6-9,12H2,1-2H3,(H,21,24);2*1H. The number of morpholine rings is 1. The first-order valence-electron chi connectivity index (χ1n) is 8.51. The molecule has 1 unspecified atom stereocenters. The molecule has 1 fully saturated rings. The van der Waals surface area contributed by atoms with Gasteiger partial charge in [-0.15, -0.1) is 24.8 Å². The van der Waals surface area contributed by atoms with Gasteiger partial charge in [0.15, 0.2) is 0 Å². The van der Waals surface area contributed by atoms with Gasteiger partial charge in [0.1, 0.15) is 6.04 Å². The number of ether oxygens (including phenoxy) is 1. The summed E-state index contributed by atoms with van der Waals surface area (Å²) in [5.74, 6) is -0.0981. The van der Waals surface area contributed by atoms with Gasteiger partial charge in [-0.05, 0) is 24.7 Å². The summed E-state index contributed by atoms with van der Waals surface area (Å²) in [6, 6.07) is 7.57. The quantitative estimate of drug-likeness (QED) is 0.754. The first-order chi connectivity index (χ1) is 12.2. The van der Waals surface area contributed by atoms with Gasteiger partial charge in [-0.1, -0.05) is 12.1 Å². The van der Waals surface area contributed by atoms with Crippen molar-refractivity contribution in [1.82, 2.24) is 20.0 Å². The summed E-state index contributed by atoms with van der Waals surface area (Å²) >= 11 is 0. The van der Waals surface area contributed by atoms with Crippen LogP contribution in [0, 0.1) is 0 Å². The van der Waals surface area contributed by atoms with Crippen LogP contribution in [0.3, 0.4) is 0 Å². The molecule has 27 heavy (non-hydrogen) atoms. The molecule has 0 aliphatic carbocycles. The van der Waals surface area contributed by atoms with Crippen molar-refractivity contribution in [3.8, 4) is 0 Å². The van der Waals surface area contributed by atoms with E-state index in [0.29, 0.717) is 0 Å². The first kappa shape index (κ1) is 23.4. The molecule has 0 spiro atoms. The zero-order valence-electron chi connectivity index (χ0n) is 15.6. The molecule has 1 aliphatic rings. The third kappa shape index (κ3) is 6.48. The average molecular weight is 416 g/mol. The number of hydrogen-bond acceptors (Lipinski definition) is 5. The summed E-state index contributed by atoms with van der Waals surface area (Å²) in [6.07, 6.45) is 3.55. The Balaban J connectivity index is 0.00000182. The summed E-state index contributed by atoms with van der Waals surface area (Å²) in [5, 5.41) is 10.2. The molecule has 1 aliphatic heterocycles. The van der Waals surface area contributed by atoms with E-state index in [1.807, 2.05) is 31.4 Å². The van der Waals surface area contributed by atoms with E-state index in [-0.39, 0.29) is 30.7 Å². The highest BCUT2D eigenvalue weighted by molar-refractivity contribution is 5.95. The molecule has 3 rings (SSSR count). The minimum absolute atomic E-state index is 0. The number of nitrogens with one attached hydrogen (secondary N) is 2. The molecule has 1 aromatic carbocycles. The van der Waals surface area contributed by atoms with Crippen LogP contribution in [0.25, 0.3) is 0 Å². The maximum Gasteiger partial charge on any atom is 0.246 e. The third-order valence-corrected chi connectivity index (χ3v) is 4.31. The van der Waals surface area contributed by atoms with Crippen molar-refractivity contribution in [3.63, 3.8) is 0 Å². The van der Waals surface area contributed by atoms with Gasteiger partial charge in [0.25, 0.3) is 0 Å². The van der Waals surface area contributed by atoms with Crippen LogP contribution in [0.4, 0.5) is 5.69 Å². The van der Waals surface area contributed by atoms with Crippen LogP contribution in [-0.4, -0.2) is 53.9 Å². The SMILES string of the molecule is CNC(C(=O)Nc1cccc(CN2CCOCC2)c1)c1cnn(C)c1.Cl.Cl. The van der Waals surface area contributed by atoms with Gasteiger partial charge in [0.05, 0.1) is 19.4 Å². The Morgan fingerprint density at radius 1 is 1.30 bits per heavy atom. The van der Waals surface area contributed by atoms with Crippen LogP contribution in [-0.2, 0) is 23.1 Å². The van der Waals surface area contributed by atoms with Gasteiger partial charge in [-0.3, -0.25) is 14.4 Å². The van der Waals surface area contributed by atoms with E-state index in [0.717, 1.165) is 44.1 Å². The molecular formula is C18H27Cl2N5O2. The number of halogens is 2. The van der Waals surface area contributed by atoms with Crippen LogP contribution in [0.1, 0.15) is 17.2 Å². The van der Waals surface area contributed by atoms with Gasteiger partial charge in [-0.2, -0.15) is 5.10 Å². The third-order valence-electron chi connectivity index (χ3n) is 4.31. The second kappa shape index (κ2) is 11.3. The summed E-state index contributed by atoms with van der Waals surface area (Å²) in [6.45, 7) is 4.32. The zero-order chi connectivity index (χ0) is 17.6. The smallest absolute Gasteiger partial charge is 0.246 e. The fourth-order valence-electron chi connectivity index (χ4n) is 3.02. The minimum Gasteiger partial charge on any atom is -0.379 e. The van der Waals surface area contributed by atoms with Crippen LogP contribution >= 0.6 is 24.8 Å². The number of nitrogens with zero attached hydrogens (tertiary/aromatic N) is 3. The number of likely N-dealkylation sites (N-methyl/N-ethyl adjacent to an activating group) is 1. The number of anilines is 1. The number of carbonyl (C=O) groups excluding carboxylic acids is 1. The number of rotatable bonds is 6. The van der Waals surface area contributed by atoms with E-state index in [2.05, 4.69) is 26.7 Å². The normalized spacial score (nSPS) is 15.3. The van der Waals surface area contributed by atoms with Crippen LogP contribution < -0.4 is 10.6 Å². The molecular weight excluding hydrogens is 389 g/mol. The minimum atomic E-state index is -0.434. The second-order valence-corrected chi connectivity index (χ2v) is 6.25. The van der Waals surface area contributed by atoms with Crippen LogP contribution in [0.15, 0.2) is 36.7 Å². The Morgan fingerprint density at radius 2 is 2.04 bits per heavy atom. The molecule has 2 N–H and O–H groups in total. The van der Waals surface area contributed by atoms with Crippen LogP contribution in [0.5, 0.6) is 0 Å². The summed E-state index contributed by atoms with van der Waals surface area (Å²) < 4.78 is 7.07. The molecule has 2 heterocycles. The monoisotopic (exact) mass is 415 g/mol. The van der Waals surface area contributed by atoms with E-state index >= 15 is 0 Å². The molecule has 1 saturated heterocycles. The largest absolute Gasteiger partial charge is 0.379 e. The topological polar surface area (TPSA) is 71.4 Å².